The summed E-state index contributed by atoms with van der Waals surface area (Å²) in [4.78, 5) is 36.4. The van der Waals surface area contributed by atoms with E-state index in [1.807, 2.05) is 26.0 Å². The van der Waals surface area contributed by atoms with Gasteiger partial charge in [0.15, 0.2) is 6.10 Å². The van der Waals surface area contributed by atoms with Crippen molar-refractivity contribution in [3.63, 3.8) is 0 Å². The maximum atomic E-state index is 12.5. The summed E-state index contributed by atoms with van der Waals surface area (Å²) in [7, 11) is 0. The number of esters is 1. The van der Waals surface area contributed by atoms with Gasteiger partial charge in [0, 0.05) is 15.6 Å². The molecule has 0 saturated carbocycles. The standard InChI is InChI=1S/C20H20BrNO4/c1-12-4-5-13(2)17(10-12)19(24)14(3)26-18(23)11-22-20(25)15-6-8-16(21)9-7-15/h4-10,14H,11H2,1-3H3,(H,22,25)/t14-/m0/s1. The Morgan fingerprint density at radius 3 is 2.38 bits per heavy atom. The fourth-order valence-electron chi connectivity index (χ4n) is 2.37. The van der Waals surface area contributed by atoms with E-state index in [-0.39, 0.29) is 18.2 Å². The van der Waals surface area contributed by atoms with Crippen LogP contribution in [0.3, 0.4) is 0 Å². The Balaban J connectivity index is 1.90. The molecule has 2 aromatic carbocycles. The Hall–Kier alpha value is -2.47. The van der Waals surface area contributed by atoms with E-state index in [0.29, 0.717) is 11.1 Å². The zero-order chi connectivity index (χ0) is 19.3. The zero-order valence-corrected chi connectivity index (χ0v) is 16.4. The van der Waals surface area contributed by atoms with Crippen LogP contribution in [-0.4, -0.2) is 30.3 Å². The van der Waals surface area contributed by atoms with E-state index in [0.717, 1.165) is 15.6 Å². The molecule has 0 unspecified atom stereocenters. The highest BCUT2D eigenvalue weighted by Gasteiger charge is 2.21. The van der Waals surface area contributed by atoms with E-state index in [4.69, 9.17) is 4.74 Å². The number of nitrogens with one attached hydrogen (secondary N) is 1. The second kappa shape index (κ2) is 8.76. The first-order valence-electron chi connectivity index (χ1n) is 8.12. The van der Waals surface area contributed by atoms with Crippen LogP contribution in [0.4, 0.5) is 0 Å². The summed E-state index contributed by atoms with van der Waals surface area (Å²) in [5, 5.41) is 2.48. The van der Waals surface area contributed by atoms with Crippen molar-refractivity contribution in [3.8, 4) is 0 Å². The van der Waals surface area contributed by atoms with Crippen molar-refractivity contribution in [1.82, 2.24) is 5.32 Å². The molecule has 0 saturated heterocycles. The lowest BCUT2D eigenvalue weighted by Gasteiger charge is -2.14. The molecule has 6 heteroatoms. The first kappa shape index (κ1) is 19.8. The lowest BCUT2D eigenvalue weighted by atomic mass is 9.99. The Labute approximate surface area is 160 Å². The van der Waals surface area contributed by atoms with E-state index in [1.165, 1.54) is 6.92 Å². The number of halogens is 1. The number of ketones is 1. The van der Waals surface area contributed by atoms with Crippen molar-refractivity contribution in [1.29, 1.82) is 0 Å². The zero-order valence-electron chi connectivity index (χ0n) is 14.8. The smallest absolute Gasteiger partial charge is 0.326 e. The number of ether oxygens (including phenoxy) is 1. The molecule has 0 fully saturated rings. The highest BCUT2D eigenvalue weighted by Crippen LogP contribution is 2.14. The van der Waals surface area contributed by atoms with Gasteiger partial charge in [-0.25, -0.2) is 0 Å². The molecule has 0 aromatic heterocycles. The predicted octanol–water partition coefficient (Wildman–Crippen LogP) is 3.61. The van der Waals surface area contributed by atoms with Gasteiger partial charge in [0.05, 0.1) is 0 Å². The first-order valence-corrected chi connectivity index (χ1v) is 8.92. The Kier molecular flexibility index (Phi) is 6.69. The predicted molar refractivity (Wildman–Crippen MR) is 102 cm³/mol. The van der Waals surface area contributed by atoms with Gasteiger partial charge in [-0.1, -0.05) is 33.6 Å². The number of rotatable bonds is 6. The molecule has 136 valence electrons. The van der Waals surface area contributed by atoms with E-state index in [2.05, 4.69) is 21.2 Å². The third kappa shape index (κ3) is 5.26. The van der Waals surface area contributed by atoms with Gasteiger partial charge >= 0.3 is 5.97 Å². The molecule has 5 nitrogen and oxygen atoms in total. The van der Waals surface area contributed by atoms with Gasteiger partial charge in [0.2, 0.25) is 5.78 Å². The summed E-state index contributed by atoms with van der Waals surface area (Å²) in [5.41, 5.74) is 2.75. The van der Waals surface area contributed by atoms with Crippen LogP contribution < -0.4 is 5.32 Å². The van der Waals surface area contributed by atoms with Gasteiger partial charge in [-0.3, -0.25) is 14.4 Å². The van der Waals surface area contributed by atoms with Crippen molar-refractivity contribution in [2.45, 2.75) is 26.9 Å². The monoisotopic (exact) mass is 417 g/mol. The molecular formula is C20H20BrNO4. The van der Waals surface area contributed by atoms with E-state index >= 15 is 0 Å². The summed E-state index contributed by atoms with van der Waals surface area (Å²) in [5.74, 6) is -1.32. The minimum Gasteiger partial charge on any atom is -0.453 e. The molecule has 0 spiro atoms. The molecule has 1 N–H and O–H groups in total. The second-order valence-corrected chi connectivity index (χ2v) is 6.92. The highest BCUT2D eigenvalue weighted by molar-refractivity contribution is 9.10. The summed E-state index contributed by atoms with van der Waals surface area (Å²) in [6, 6.07) is 12.3. The van der Waals surface area contributed by atoms with Crippen LogP contribution in [0.2, 0.25) is 0 Å². The van der Waals surface area contributed by atoms with Crippen LogP contribution in [0.15, 0.2) is 46.9 Å². The number of carbonyl (C=O) groups excluding carboxylic acids is 3. The third-order valence-corrected chi connectivity index (χ3v) is 4.36. The molecule has 1 amide bonds. The summed E-state index contributed by atoms with van der Waals surface area (Å²) < 4.78 is 6.01. The Morgan fingerprint density at radius 2 is 1.73 bits per heavy atom. The molecule has 0 radical (unpaired) electrons. The quantitative estimate of drug-likeness (QED) is 0.575. The lowest BCUT2D eigenvalue weighted by Crippen LogP contribution is -2.34. The number of amides is 1. The van der Waals surface area contributed by atoms with Crippen LogP contribution in [0.5, 0.6) is 0 Å². The van der Waals surface area contributed by atoms with Gasteiger partial charge in [0.1, 0.15) is 6.54 Å². The van der Waals surface area contributed by atoms with E-state index in [9.17, 15) is 14.4 Å². The number of hydrogen-bond donors (Lipinski definition) is 1. The number of Topliss-reactive ketones (excluding diaryl/α,β-unsaturated/α-hetero) is 1. The molecule has 0 heterocycles. The van der Waals surface area contributed by atoms with Crippen LogP contribution in [0.25, 0.3) is 0 Å². The van der Waals surface area contributed by atoms with Crippen LogP contribution in [0.1, 0.15) is 38.8 Å². The molecule has 0 aliphatic rings. The van der Waals surface area contributed by atoms with Crippen LogP contribution in [0, 0.1) is 13.8 Å². The molecule has 0 aliphatic heterocycles. The average Bonchev–Trinajstić information content (AvgIpc) is 2.61. The minimum absolute atomic E-state index is 0.265. The summed E-state index contributed by atoms with van der Waals surface area (Å²) in [6.07, 6.45) is -0.924. The van der Waals surface area contributed by atoms with Crippen molar-refractivity contribution in [3.05, 3.63) is 69.2 Å². The normalized spacial score (nSPS) is 11.5. The minimum atomic E-state index is -0.924. The van der Waals surface area contributed by atoms with E-state index in [1.54, 1.807) is 30.3 Å². The van der Waals surface area contributed by atoms with Crippen LogP contribution in [-0.2, 0) is 9.53 Å². The fourth-order valence-corrected chi connectivity index (χ4v) is 2.63. The molecule has 0 aliphatic carbocycles. The second-order valence-electron chi connectivity index (χ2n) is 6.00. The lowest BCUT2D eigenvalue weighted by molar-refractivity contribution is -0.145. The topological polar surface area (TPSA) is 72.5 Å². The molecule has 1 atom stereocenters. The average molecular weight is 418 g/mol. The molecule has 2 aromatic rings. The van der Waals surface area contributed by atoms with Gasteiger partial charge in [-0.05, 0) is 56.7 Å². The fraction of sp³-hybridized carbons (Fsp3) is 0.250. The van der Waals surface area contributed by atoms with Crippen molar-refractivity contribution < 1.29 is 19.1 Å². The molecule has 26 heavy (non-hydrogen) atoms. The van der Waals surface area contributed by atoms with Crippen molar-refractivity contribution in [2.75, 3.05) is 6.54 Å². The summed E-state index contributed by atoms with van der Waals surface area (Å²) in [6.45, 7) is 4.95. The Bertz CT molecular complexity index is 830. The van der Waals surface area contributed by atoms with E-state index < -0.39 is 12.1 Å². The van der Waals surface area contributed by atoms with Crippen molar-refractivity contribution >= 4 is 33.6 Å². The van der Waals surface area contributed by atoms with Crippen LogP contribution >= 0.6 is 15.9 Å². The SMILES string of the molecule is Cc1ccc(C)c(C(=O)[C@H](C)OC(=O)CNC(=O)c2ccc(Br)cc2)c1. The van der Waals surface area contributed by atoms with Gasteiger partial charge in [0.25, 0.3) is 5.91 Å². The molecule has 2 rings (SSSR count). The van der Waals surface area contributed by atoms with Gasteiger partial charge in [-0.15, -0.1) is 0 Å². The molecular weight excluding hydrogens is 398 g/mol. The van der Waals surface area contributed by atoms with Gasteiger partial charge < -0.3 is 10.1 Å². The number of aryl methyl sites for hydroxylation is 2. The highest BCUT2D eigenvalue weighted by atomic mass is 79.9. The maximum Gasteiger partial charge on any atom is 0.326 e. The van der Waals surface area contributed by atoms with Gasteiger partial charge in [-0.2, -0.15) is 0 Å². The maximum absolute atomic E-state index is 12.5. The molecule has 0 bridgehead atoms. The van der Waals surface area contributed by atoms with Crippen molar-refractivity contribution in [2.24, 2.45) is 0 Å². The number of carbonyl (C=O) groups is 3. The first-order chi connectivity index (χ1) is 12.3. The number of benzene rings is 2. The Morgan fingerprint density at radius 1 is 1.08 bits per heavy atom. The summed E-state index contributed by atoms with van der Waals surface area (Å²) >= 11 is 3.29. The third-order valence-electron chi connectivity index (χ3n) is 3.84. The number of hydrogen-bond acceptors (Lipinski definition) is 4. The largest absolute Gasteiger partial charge is 0.453 e.